The molecular weight excluding hydrogens is 909 g/mol. The Balaban J connectivity index is 0.836. The third kappa shape index (κ3) is 8.04. The molecule has 3 nitrogen and oxygen atoms in total. The number of anilines is 3. The maximum Gasteiger partial charge on any atom is 0.143 e. The summed E-state index contributed by atoms with van der Waals surface area (Å²) in [5, 5.41) is 4.69. The van der Waals surface area contributed by atoms with E-state index >= 15 is 0 Å². The number of para-hydroxylation sites is 4. The Kier molecular flexibility index (Phi) is 10.8. The third-order valence-electron chi connectivity index (χ3n) is 14.8. The van der Waals surface area contributed by atoms with E-state index in [4.69, 9.17) is 4.42 Å². The molecule has 352 valence electrons. The van der Waals surface area contributed by atoms with Crippen molar-refractivity contribution in [1.82, 2.24) is 4.57 Å². The Bertz CT molecular complexity index is 4260. The minimum absolute atomic E-state index is 0.892. The number of fused-ring (bicyclic) bond motifs is 6. The molecule has 2 aromatic heterocycles. The fraction of sp³-hybridized carbons (Fsp3) is 0. The van der Waals surface area contributed by atoms with E-state index in [9.17, 15) is 0 Å². The molecule has 0 fully saturated rings. The van der Waals surface area contributed by atoms with E-state index in [1.165, 1.54) is 44.1 Å². The Labute approximate surface area is 436 Å². The molecule has 3 heteroatoms. The molecule has 0 saturated carbocycles. The highest BCUT2D eigenvalue weighted by Gasteiger charge is 2.18. The van der Waals surface area contributed by atoms with Crippen molar-refractivity contribution in [2.45, 2.75) is 0 Å². The minimum Gasteiger partial charge on any atom is -0.455 e. The van der Waals surface area contributed by atoms with E-state index in [1.54, 1.807) is 0 Å². The van der Waals surface area contributed by atoms with Crippen LogP contribution in [-0.4, -0.2) is 4.57 Å². The molecule has 0 aliphatic rings. The van der Waals surface area contributed by atoms with Crippen molar-refractivity contribution >= 4 is 60.8 Å². The van der Waals surface area contributed by atoms with Crippen LogP contribution in [0.4, 0.5) is 17.1 Å². The molecule has 2 heterocycles. The van der Waals surface area contributed by atoms with Crippen LogP contribution in [-0.2, 0) is 0 Å². The number of nitrogens with zero attached hydrogens (tertiary/aromatic N) is 2. The van der Waals surface area contributed by atoms with Crippen LogP contribution in [0, 0.1) is 0 Å². The fourth-order valence-corrected chi connectivity index (χ4v) is 11.1. The van der Waals surface area contributed by atoms with Gasteiger partial charge in [0.05, 0.1) is 11.0 Å². The smallest absolute Gasteiger partial charge is 0.143 e. The van der Waals surface area contributed by atoms with Crippen LogP contribution in [0.3, 0.4) is 0 Å². The van der Waals surface area contributed by atoms with E-state index in [-0.39, 0.29) is 0 Å². The molecule has 0 saturated heterocycles. The predicted octanol–water partition coefficient (Wildman–Crippen LogP) is 20.2. The lowest BCUT2D eigenvalue weighted by atomic mass is 9.91. The molecule has 14 aromatic rings. The second kappa shape index (κ2) is 18.6. The molecule has 0 bridgehead atoms. The van der Waals surface area contributed by atoms with Crippen molar-refractivity contribution in [2.75, 3.05) is 4.90 Å². The zero-order chi connectivity index (χ0) is 49.7. The first-order valence-electron chi connectivity index (χ1n) is 25.6. The van der Waals surface area contributed by atoms with Gasteiger partial charge in [-0.25, -0.2) is 0 Å². The Morgan fingerprint density at radius 3 is 1.25 bits per heavy atom. The lowest BCUT2D eigenvalue weighted by molar-refractivity contribution is 0.670. The average Bonchev–Trinajstić information content (AvgIpc) is 4.05. The summed E-state index contributed by atoms with van der Waals surface area (Å²) < 4.78 is 9.03. The first-order valence-corrected chi connectivity index (χ1v) is 25.6. The second-order valence-corrected chi connectivity index (χ2v) is 19.3. The summed E-state index contributed by atoms with van der Waals surface area (Å²) in [6.07, 6.45) is 0. The molecule has 0 spiro atoms. The fourth-order valence-electron chi connectivity index (χ4n) is 11.1. The van der Waals surface area contributed by atoms with E-state index < -0.39 is 0 Å². The molecule has 14 rings (SSSR count). The van der Waals surface area contributed by atoms with Crippen LogP contribution in [0.2, 0.25) is 0 Å². The monoisotopic (exact) mass is 956 g/mol. The van der Waals surface area contributed by atoms with Gasteiger partial charge in [0.25, 0.3) is 0 Å². The van der Waals surface area contributed by atoms with Gasteiger partial charge in [0.2, 0.25) is 0 Å². The largest absolute Gasteiger partial charge is 0.455 e. The second-order valence-electron chi connectivity index (χ2n) is 19.3. The molecule has 0 N–H and O–H groups in total. The van der Waals surface area contributed by atoms with Crippen molar-refractivity contribution in [2.24, 2.45) is 0 Å². The number of rotatable bonds is 10. The predicted molar refractivity (Wildman–Crippen MR) is 315 cm³/mol. The molecule has 0 unspecified atom stereocenters. The first kappa shape index (κ1) is 43.8. The van der Waals surface area contributed by atoms with Crippen LogP contribution in [0.25, 0.3) is 116 Å². The van der Waals surface area contributed by atoms with Crippen LogP contribution in [0.1, 0.15) is 0 Å². The molecule has 0 aliphatic carbocycles. The molecule has 0 aliphatic heterocycles. The summed E-state index contributed by atoms with van der Waals surface area (Å²) in [5.41, 5.74) is 22.4. The number of hydrogen-bond acceptors (Lipinski definition) is 2. The molecule has 75 heavy (non-hydrogen) atoms. The van der Waals surface area contributed by atoms with Crippen molar-refractivity contribution < 1.29 is 4.42 Å². The SMILES string of the molecule is c1ccc(-c2ccc(N(c3ccc(-c4ccccc4)cc3)c3ccc(-c4ccc(-c5cc(-c6ccc7c(c6)c6ccccc6n7-c6ccccc6)cc(-c6cccc7c6oc6ccccc67)c5)cc4)cc3)cc2)cc1. The first-order chi connectivity index (χ1) is 37.2. The standard InChI is InChI=1S/C72H48N2O/c1-4-15-49(16-5-1)52-31-38-61(39-32-52)73(62-40-33-53(34-41-62)50-17-6-2-7-18-50)63-42-35-54(36-43-63)51-27-29-55(30-28-51)57-45-58(47-59(46-57)64-23-14-24-67-66-22-11-13-26-71(66)75-72(64)67)56-37-44-70-68(48-56)65-21-10-12-25-69(65)74(70)60-19-8-3-9-20-60/h1-48H. The topological polar surface area (TPSA) is 21.3 Å². The number of furan rings is 1. The average molecular weight is 957 g/mol. The van der Waals surface area contributed by atoms with Gasteiger partial charge in [-0.2, -0.15) is 0 Å². The summed E-state index contributed by atoms with van der Waals surface area (Å²) in [7, 11) is 0. The summed E-state index contributed by atoms with van der Waals surface area (Å²) in [4.78, 5) is 2.34. The molecule has 12 aromatic carbocycles. The van der Waals surface area contributed by atoms with Crippen molar-refractivity contribution in [3.05, 3.63) is 291 Å². The van der Waals surface area contributed by atoms with Gasteiger partial charge in [0.1, 0.15) is 11.2 Å². The van der Waals surface area contributed by atoms with Gasteiger partial charge >= 0.3 is 0 Å². The lowest BCUT2D eigenvalue weighted by Gasteiger charge is -2.26. The van der Waals surface area contributed by atoms with E-state index in [0.717, 1.165) is 89.2 Å². The van der Waals surface area contributed by atoms with Gasteiger partial charge in [-0.15, -0.1) is 0 Å². The van der Waals surface area contributed by atoms with Gasteiger partial charge in [-0.1, -0.05) is 200 Å². The summed E-state index contributed by atoms with van der Waals surface area (Å²) >= 11 is 0. The van der Waals surface area contributed by atoms with E-state index in [1.807, 2.05) is 6.07 Å². The number of benzene rings is 12. The number of hydrogen-bond donors (Lipinski definition) is 0. The van der Waals surface area contributed by atoms with E-state index in [0.29, 0.717) is 0 Å². The van der Waals surface area contributed by atoms with Crippen LogP contribution >= 0.6 is 0 Å². The van der Waals surface area contributed by atoms with E-state index in [2.05, 4.69) is 295 Å². The van der Waals surface area contributed by atoms with Gasteiger partial charge < -0.3 is 13.9 Å². The Morgan fingerprint density at radius 2 is 0.667 bits per heavy atom. The lowest BCUT2D eigenvalue weighted by Crippen LogP contribution is -2.09. The van der Waals surface area contributed by atoms with Gasteiger partial charge in [-0.05, 0) is 152 Å². The molecular formula is C72H48N2O. The minimum atomic E-state index is 0.892. The normalized spacial score (nSPS) is 11.5. The summed E-state index contributed by atoms with van der Waals surface area (Å²) in [5.74, 6) is 0. The zero-order valence-corrected chi connectivity index (χ0v) is 41.0. The van der Waals surface area contributed by atoms with Crippen LogP contribution in [0.15, 0.2) is 296 Å². The van der Waals surface area contributed by atoms with Gasteiger partial charge in [-0.3, -0.25) is 0 Å². The van der Waals surface area contributed by atoms with Crippen molar-refractivity contribution in [1.29, 1.82) is 0 Å². The highest BCUT2D eigenvalue weighted by molar-refractivity contribution is 6.12. The maximum atomic E-state index is 6.65. The highest BCUT2D eigenvalue weighted by Crippen LogP contribution is 2.43. The summed E-state index contributed by atoms with van der Waals surface area (Å²) in [6, 6.07) is 105. The van der Waals surface area contributed by atoms with Crippen LogP contribution < -0.4 is 4.90 Å². The molecule has 0 atom stereocenters. The maximum absolute atomic E-state index is 6.65. The van der Waals surface area contributed by atoms with Gasteiger partial charge in [0, 0.05) is 49.9 Å². The third-order valence-corrected chi connectivity index (χ3v) is 14.8. The highest BCUT2D eigenvalue weighted by atomic mass is 16.3. The molecule has 0 amide bonds. The Hall–Kier alpha value is -9.96. The number of aromatic nitrogens is 1. The molecule has 0 radical (unpaired) electrons. The van der Waals surface area contributed by atoms with Crippen LogP contribution in [0.5, 0.6) is 0 Å². The zero-order valence-electron chi connectivity index (χ0n) is 41.0. The summed E-state index contributed by atoms with van der Waals surface area (Å²) in [6.45, 7) is 0. The van der Waals surface area contributed by atoms with Crippen molar-refractivity contribution in [3.8, 4) is 72.4 Å². The quantitative estimate of drug-likeness (QED) is 0.136. The van der Waals surface area contributed by atoms with Gasteiger partial charge in [0.15, 0.2) is 0 Å². The van der Waals surface area contributed by atoms with Crippen molar-refractivity contribution in [3.63, 3.8) is 0 Å². The Morgan fingerprint density at radius 1 is 0.253 bits per heavy atom.